The van der Waals surface area contributed by atoms with Crippen LogP contribution in [0.4, 0.5) is 0 Å². The second kappa shape index (κ2) is 6.30. The minimum absolute atomic E-state index is 0.418. The number of carbonyl (C=O) groups is 1. The maximum Gasteiger partial charge on any atom is 0.281 e. The van der Waals surface area contributed by atoms with E-state index in [4.69, 9.17) is 0 Å². The van der Waals surface area contributed by atoms with Gasteiger partial charge in [0.25, 0.3) is 5.91 Å². The molecule has 0 bridgehead atoms. The third-order valence-electron chi connectivity index (χ3n) is 5.18. The summed E-state index contributed by atoms with van der Waals surface area (Å²) in [5, 5.41) is 15.6. The van der Waals surface area contributed by atoms with Gasteiger partial charge in [0, 0.05) is 11.6 Å². The summed E-state index contributed by atoms with van der Waals surface area (Å²) >= 11 is 0. The molecule has 2 aliphatic carbocycles. The Morgan fingerprint density at radius 2 is 1.64 bits per heavy atom. The van der Waals surface area contributed by atoms with Crippen molar-refractivity contribution in [1.82, 2.24) is 5.43 Å². The summed E-state index contributed by atoms with van der Waals surface area (Å²) in [4.78, 5) is 12.9. The zero-order valence-electron chi connectivity index (χ0n) is 13.8. The van der Waals surface area contributed by atoms with Crippen molar-refractivity contribution in [3.63, 3.8) is 0 Å². The van der Waals surface area contributed by atoms with Gasteiger partial charge in [0.1, 0.15) is 0 Å². The van der Waals surface area contributed by atoms with Crippen LogP contribution in [0, 0.1) is 11.8 Å². The Labute approximate surface area is 146 Å². The van der Waals surface area contributed by atoms with Crippen LogP contribution in [0.2, 0.25) is 0 Å². The van der Waals surface area contributed by atoms with Crippen LogP contribution in [0.25, 0.3) is 0 Å². The molecule has 25 heavy (non-hydrogen) atoms. The smallest absolute Gasteiger partial charge is 0.281 e. The lowest BCUT2D eigenvalue weighted by atomic mass is 9.74. The van der Waals surface area contributed by atoms with Gasteiger partial charge in [0.15, 0.2) is 5.60 Å². The van der Waals surface area contributed by atoms with Crippen molar-refractivity contribution in [2.45, 2.75) is 18.4 Å². The molecule has 1 saturated carbocycles. The molecule has 1 fully saturated rings. The van der Waals surface area contributed by atoms with Gasteiger partial charge >= 0.3 is 0 Å². The van der Waals surface area contributed by atoms with Crippen LogP contribution in [0.5, 0.6) is 0 Å². The zero-order chi connectivity index (χ0) is 17.3. The van der Waals surface area contributed by atoms with Crippen molar-refractivity contribution >= 4 is 11.6 Å². The molecular formula is C21H20N2O2. The maximum atomic E-state index is 12.9. The molecule has 0 aliphatic heterocycles. The highest BCUT2D eigenvalue weighted by molar-refractivity contribution is 5.96. The molecule has 0 aromatic heterocycles. The minimum atomic E-state index is -1.77. The quantitative estimate of drug-likeness (QED) is 0.668. The number of benzene rings is 2. The van der Waals surface area contributed by atoms with E-state index in [0.29, 0.717) is 23.0 Å². The van der Waals surface area contributed by atoms with E-state index in [1.807, 2.05) is 36.4 Å². The van der Waals surface area contributed by atoms with E-state index in [1.165, 1.54) is 0 Å². The maximum absolute atomic E-state index is 12.9. The number of fused-ring (bicyclic) bond motifs is 1. The number of hydrogen-bond acceptors (Lipinski definition) is 3. The first kappa shape index (κ1) is 15.8. The van der Waals surface area contributed by atoms with Crippen LogP contribution in [0.3, 0.4) is 0 Å². The number of amides is 1. The highest BCUT2D eigenvalue weighted by Crippen LogP contribution is 2.40. The SMILES string of the molecule is O=C(N/N=C1\C[C@H]2C=CC[C@@H]12)C(O)(c1ccccc1)c1ccccc1. The average Bonchev–Trinajstić information content (AvgIpc) is 3.03. The first-order valence-corrected chi connectivity index (χ1v) is 8.56. The van der Waals surface area contributed by atoms with Crippen LogP contribution in [0.1, 0.15) is 24.0 Å². The van der Waals surface area contributed by atoms with Gasteiger partial charge in [0.05, 0.1) is 0 Å². The molecule has 4 nitrogen and oxygen atoms in total. The van der Waals surface area contributed by atoms with Crippen molar-refractivity contribution in [3.8, 4) is 0 Å². The van der Waals surface area contributed by atoms with E-state index in [0.717, 1.165) is 18.6 Å². The molecule has 2 N–H and O–H groups in total. The first-order chi connectivity index (χ1) is 12.2. The monoisotopic (exact) mass is 332 g/mol. The molecule has 4 heteroatoms. The molecule has 4 rings (SSSR count). The summed E-state index contributed by atoms with van der Waals surface area (Å²) in [6.45, 7) is 0. The van der Waals surface area contributed by atoms with Crippen molar-refractivity contribution < 1.29 is 9.90 Å². The normalized spacial score (nSPS) is 23.2. The summed E-state index contributed by atoms with van der Waals surface area (Å²) in [6.07, 6.45) is 6.26. The molecule has 2 aromatic rings. The van der Waals surface area contributed by atoms with Gasteiger partial charge in [-0.3, -0.25) is 4.79 Å². The van der Waals surface area contributed by atoms with Gasteiger partial charge < -0.3 is 5.11 Å². The lowest BCUT2D eigenvalue weighted by Gasteiger charge is -2.32. The van der Waals surface area contributed by atoms with E-state index in [2.05, 4.69) is 22.7 Å². The second-order valence-corrected chi connectivity index (χ2v) is 6.62. The molecule has 0 spiro atoms. The second-order valence-electron chi connectivity index (χ2n) is 6.62. The third kappa shape index (κ3) is 2.68. The largest absolute Gasteiger partial charge is 0.372 e. The molecule has 0 radical (unpaired) electrons. The number of hydrogen-bond donors (Lipinski definition) is 2. The Bertz CT molecular complexity index is 788. The van der Waals surface area contributed by atoms with Gasteiger partial charge in [-0.2, -0.15) is 5.10 Å². The average molecular weight is 332 g/mol. The Morgan fingerprint density at radius 3 is 2.20 bits per heavy atom. The Morgan fingerprint density at radius 1 is 1.04 bits per heavy atom. The van der Waals surface area contributed by atoms with Gasteiger partial charge in [-0.05, 0) is 29.9 Å². The van der Waals surface area contributed by atoms with Gasteiger partial charge in [-0.15, -0.1) is 0 Å². The summed E-state index contributed by atoms with van der Waals surface area (Å²) in [5.41, 5.74) is 2.88. The molecular weight excluding hydrogens is 312 g/mol. The number of carbonyl (C=O) groups excluding carboxylic acids is 1. The fraction of sp³-hybridized carbons (Fsp3) is 0.238. The van der Waals surface area contributed by atoms with Crippen molar-refractivity contribution in [1.29, 1.82) is 0 Å². The fourth-order valence-electron chi connectivity index (χ4n) is 3.65. The minimum Gasteiger partial charge on any atom is -0.372 e. The standard InChI is InChI=1S/C21H20N2O2/c24-20(23-22-19-14-15-8-7-13-18(15)19)21(25,16-9-3-1-4-10-16)17-11-5-2-6-12-17/h1-12,15,18,25H,13-14H2,(H,23,24)/b22-19+/t15-,18-/m1/s1. The number of rotatable bonds is 4. The summed E-state index contributed by atoms with van der Waals surface area (Å²) in [5.74, 6) is 0.450. The molecule has 0 unspecified atom stereocenters. The molecule has 1 amide bonds. The Hall–Kier alpha value is -2.72. The van der Waals surface area contributed by atoms with Crippen LogP contribution >= 0.6 is 0 Å². The van der Waals surface area contributed by atoms with Gasteiger partial charge in [0.2, 0.25) is 0 Å². The number of nitrogens with zero attached hydrogens (tertiary/aromatic N) is 1. The number of nitrogens with one attached hydrogen (secondary N) is 1. The lowest BCUT2D eigenvalue weighted by molar-refractivity contribution is -0.136. The summed E-state index contributed by atoms with van der Waals surface area (Å²) in [6, 6.07) is 17.9. The van der Waals surface area contributed by atoms with E-state index in [-0.39, 0.29) is 0 Å². The van der Waals surface area contributed by atoms with E-state index in [9.17, 15) is 9.90 Å². The van der Waals surface area contributed by atoms with Crippen LogP contribution in [0.15, 0.2) is 77.9 Å². The predicted molar refractivity (Wildman–Crippen MR) is 96.8 cm³/mol. The summed E-state index contributed by atoms with van der Waals surface area (Å²) < 4.78 is 0. The molecule has 2 atom stereocenters. The van der Waals surface area contributed by atoms with Crippen LogP contribution in [-0.4, -0.2) is 16.7 Å². The predicted octanol–water partition coefficient (Wildman–Crippen LogP) is 2.99. The van der Waals surface area contributed by atoms with Crippen molar-refractivity contribution in [3.05, 3.63) is 83.9 Å². The molecule has 0 heterocycles. The van der Waals surface area contributed by atoms with Crippen LogP contribution < -0.4 is 5.43 Å². The Balaban J connectivity index is 1.62. The summed E-state index contributed by atoms with van der Waals surface area (Å²) in [7, 11) is 0. The third-order valence-corrected chi connectivity index (χ3v) is 5.18. The molecule has 0 saturated heterocycles. The number of hydrazone groups is 1. The molecule has 2 aliphatic rings. The number of aliphatic hydroxyl groups is 1. The van der Waals surface area contributed by atoms with E-state index < -0.39 is 11.5 Å². The zero-order valence-corrected chi connectivity index (χ0v) is 13.8. The van der Waals surface area contributed by atoms with Gasteiger partial charge in [-0.1, -0.05) is 72.8 Å². The highest BCUT2D eigenvalue weighted by atomic mass is 16.3. The van der Waals surface area contributed by atoms with Crippen molar-refractivity contribution in [2.24, 2.45) is 16.9 Å². The Kier molecular flexibility index (Phi) is 3.98. The van der Waals surface area contributed by atoms with E-state index >= 15 is 0 Å². The molecule has 2 aromatic carbocycles. The first-order valence-electron chi connectivity index (χ1n) is 8.56. The lowest BCUT2D eigenvalue weighted by Crippen LogP contribution is -2.45. The fourth-order valence-corrected chi connectivity index (χ4v) is 3.65. The molecule has 126 valence electrons. The highest BCUT2D eigenvalue weighted by Gasteiger charge is 2.41. The van der Waals surface area contributed by atoms with Gasteiger partial charge in [-0.25, -0.2) is 5.43 Å². The topological polar surface area (TPSA) is 61.7 Å². The number of allylic oxidation sites excluding steroid dienone is 2. The van der Waals surface area contributed by atoms with E-state index in [1.54, 1.807) is 24.3 Å². The van der Waals surface area contributed by atoms with Crippen LogP contribution in [-0.2, 0) is 10.4 Å². The van der Waals surface area contributed by atoms with Crippen molar-refractivity contribution in [2.75, 3.05) is 0 Å².